The molecule has 1 amide bonds. The Morgan fingerprint density at radius 1 is 1.12 bits per heavy atom. The molecule has 0 N–H and O–H groups in total. The van der Waals surface area contributed by atoms with Crippen molar-refractivity contribution >= 4 is 22.6 Å². The third kappa shape index (κ3) is 2.13. The van der Waals surface area contributed by atoms with E-state index in [1.54, 1.807) is 37.4 Å². The van der Waals surface area contributed by atoms with Crippen molar-refractivity contribution in [1.82, 2.24) is 4.90 Å². The van der Waals surface area contributed by atoms with Gasteiger partial charge in [0, 0.05) is 19.2 Å². The Morgan fingerprint density at radius 3 is 2.64 bits per heavy atom. The Labute approximate surface area is 141 Å². The molecule has 1 aliphatic rings. The smallest absolute Gasteiger partial charge is 0.290 e. The Balaban J connectivity index is 2.00. The van der Waals surface area contributed by atoms with E-state index in [0.717, 1.165) is 0 Å². The predicted molar refractivity (Wildman–Crippen MR) is 89.5 cm³/mol. The Bertz CT molecular complexity index is 1100. The number of nitrogens with zero attached hydrogens (tertiary/aromatic N) is 2. The zero-order chi connectivity index (χ0) is 17.7. The molecule has 7 heteroatoms. The SMILES string of the molecule is CN1C(=O)c2oc3ccccc3c(=O)c2[C@H]1c1cccc([N+](=O)[O-])c1. The molecule has 0 saturated heterocycles. The summed E-state index contributed by atoms with van der Waals surface area (Å²) in [6.45, 7) is 0. The monoisotopic (exact) mass is 336 g/mol. The summed E-state index contributed by atoms with van der Waals surface area (Å²) >= 11 is 0. The highest BCUT2D eigenvalue weighted by atomic mass is 16.6. The maximum Gasteiger partial charge on any atom is 0.290 e. The fourth-order valence-electron chi connectivity index (χ4n) is 3.23. The summed E-state index contributed by atoms with van der Waals surface area (Å²) in [6, 6.07) is 11.9. The number of fused-ring (bicyclic) bond motifs is 2. The second-order valence-electron chi connectivity index (χ2n) is 5.84. The van der Waals surface area contributed by atoms with Crippen LogP contribution >= 0.6 is 0 Å². The summed E-state index contributed by atoms with van der Waals surface area (Å²) in [5, 5.41) is 11.4. The van der Waals surface area contributed by atoms with Gasteiger partial charge in [0.25, 0.3) is 11.6 Å². The molecule has 3 aromatic rings. The van der Waals surface area contributed by atoms with Crippen LogP contribution in [0.15, 0.2) is 57.7 Å². The minimum atomic E-state index is -0.719. The molecule has 0 unspecified atom stereocenters. The number of nitro groups is 1. The molecule has 0 aliphatic carbocycles. The zero-order valence-corrected chi connectivity index (χ0v) is 13.1. The van der Waals surface area contributed by atoms with Crippen molar-refractivity contribution < 1.29 is 14.1 Å². The van der Waals surface area contributed by atoms with E-state index in [-0.39, 0.29) is 22.4 Å². The van der Waals surface area contributed by atoms with E-state index in [2.05, 4.69) is 0 Å². The van der Waals surface area contributed by atoms with Gasteiger partial charge in [-0.3, -0.25) is 19.7 Å². The lowest BCUT2D eigenvalue weighted by molar-refractivity contribution is -0.384. The summed E-state index contributed by atoms with van der Waals surface area (Å²) < 4.78 is 5.67. The summed E-state index contributed by atoms with van der Waals surface area (Å²) in [4.78, 5) is 37.4. The minimum Gasteiger partial charge on any atom is -0.450 e. The highest BCUT2D eigenvalue weighted by Crippen LogP contribution is 2.37. The van der Waals surface area contributed by atoms with Gasteiger partial charge >= 0.3 is 0 Å². The first-order valence-electron chi connectivity index (χ1n) is 7.56. The molecule has 0 radical (unpaired) electrons. The van der Waals surface area contributed by atoms with E-state index in [4.69, 9.17) is 4.42 Å². The number of hydrogen-bond donors (Lipinski definition) is 0. The normalized spacial score (nSPS) is 16.3. The maximum absolute atomic E-state index is 12.9. The van der Waals surface area contributed by atoms with Crippen LogP contribution in [0.1, 0.15) is 27.7 Å². The number of benzene rings is 2. The van der Waals surface area contributed by atoms with Crippen LogP contribution in [0.25, 0.3) is 11.0 Å². The molecule has 4 rings (SSSR count). The van der Waals surface area contributed by atoms with Crippen molar-refractivity contribution in [1.29, 1.82) is 0 Å². The molecule has 7 nitrogen and oxygen atoms in total. The van der Waals surface area contributed by atoms with Crippen molar-refractivity contribution in [2.24, 2.45) is 0 Å². The molecular weight excluding hydrogens is 324 g/mol. The van der Waals surface area contributed by atoms with E-state index in [0.29, 0.717) is 16.5 Å². The minimum absolute atomic E-state index is 0.0114. The fraction of sp³-hybridized carbons (Fsp3) is 0.111. The second kappa shape index (κ2) is 5.27. The van der Waals surface area contributed by atoms with E-state index < -0.39 is 16.9 Å². The van der Waals surface area contributed by atoms with Gasteiger partial charge in [-0.1, -0.05) is 24.3 Å². The highest BCUT2D eigenvalue weighted by molar-refractivity contribution is 5.98. The molecule has 0 fully saturated rings. The molecule has 0 saturated carbocycles. The van der Waals surface area contributed by atoms with Crippen LogP contribution in [-0.2, 0) is 0 Å². The first-order chi connectivity index (χ1) is 12.0. The van der Waals surface area contributed by atoms with Crippen LogP contribution in [-0.4, -0.2) is 22.8 Å². The van der Waals surface area contributed by atoms with Gasteiger partial charge in [0.15, 0.2) is 5.43 Å². The predicted octanol–water partition coefficient (Wildman–Crippen LogP) is 2.88. The van der Waals surface area contributed by atoms with Gasteiger partial charge in [-0.2, -0.15) is 0 Å². The van der Waals surface area contributed by atoms with Gasteiger partial charge in [-0.25, -0.2) is 0 Å². The second-order valence-corrected chi connectivity index (χ2v) is 5.84. The molecule has 2 aromatic carbocycles. The van der Waals surface area contributed by atoms with Crippen molar-refractivity contribution in [3.8, 4) is 0 Å². The lowest BCUT2D eigenvalue weighted by Gasteiger charge is -2.20. The van der Waals surface area contributed by atoms with Crippen LogP contribution < -0.4 is 5.43 Å². The van der Waals surface area contributed by atoms with Crippen molar-refractivity contribution in [3.05, 3.63) is 85.8 Å². The molecule has 1 aromatic heterocycles. The van der Waals surface area contributed by atoms with Crippen LogP contribution in [0, 0.1) is 10.1 Å². The van der Waals surface area contributed by atoms with E-state index in [9.17, 15) is 19.7 Å². The van der Waals surface area contributed by atoms with E-state index >= 15 is 0 Å². The van der Waals surface area contributed by atoms with Gasteiger partial charge in [-0.15, -0.1) is 0 Å². The first kappa shape index (κ1) is 15.1. The zero-order valence-electron chi connectivity index (χ0n) is 13.1. The topological polar surface area (TPSA) is 93.7 Å². The van der Waals surface area contributed by atoms with E-state index in [1.807, 2.05) is 0 Å². The van der Waals surface area contributed by atoms with Crippen LogP contribution in [0.4, 0.5) is 5.69 Å². The van der Waals surface area contributed by atoms with Crippen LogP contribution in [0.5, 0.6) is 0 Å². The van der Waals surface area contributed by atoms with Crippen LogP contribution in [0.2, 0.25) is 0 Å². The third-order valence-electron chi connectivity index (χ3n) is 4.41. The van der Waals surface area contributed by atoms with Crippen LogP contribution in [0.3, 0.4) is 0 Å². The van der Waals surface area contributed by atoms with Gasteiger partial charge in [0.2, 0.25) is 5.76 Å². The molecule has 124 valence electrons. The largest absolute Gasteiger partial charge is 0.450 e. The standard InChI is InChI=1S/C18H12N2O5/c1-19-15(10-5-4-6-11(9-10)20(23)24)14-16(21)12-7-2-3-8-13(12)25-17(14)18(19)22/h2-9,15H,1H3/t15-/m1/s1. The average Bonchev–Trinajstić information content (AvgIpc) is 2.87. The fourth-order valence-corrected chi connectivity index (χ4v) is 3.23. The molecule has 1 atom stereocenters. The van der Waals surface area contributed by atoms with Gasteiger partial charge in [0.1, 0.15) is 5.58 Å². The molecule has 1 aliphatic heterocycles. The number of rotatable bonds is 2. The highest BCUT2D eigenvalue weighted by Gasteiger charge is 2.40. The molecule has 2 heterocycles. The molecular formula is C18H12N2O5. The van der Waals surface area contributed by atoms with Crippen molar-refractivity contribution in [3.63, 3.8) is 0 Å². The quantitative estimate of drug-likeness (QED) is 0.530. The first-order valence-corrected chi connectivity index (χ1v) is 7.56. The lowest BCUT2D eigenvalue weighted by atomic mass is 9.98. The number of nitro benzene ring substituents is 1. The van der Waals surface area contributed by atoms with Gasteiger partial charge in [0.05, 0.1) is 21.9 Å². The van der Waals surface area contributed by atoms with Crippen molar-refractivity contribution in [2.75, 3.05) is 7.05 Å². The number of carbonyl (C=O) groups is 1. The number of non-ortho nitro benzene ring substituents is 1. The number of hydrogen-bond acceptors (Lipinski definition) is 5. The summed E-state index contributed by atoms with van der Waals surface area (Å²) in [6.07, 6.45) is 0. The molecule has 0 bridgehead atoms. The Kier molecular flexibility index (Phi) is 3.18. The molecule has 25 heavy (non-hydrogen) atoms. The summed E-state index contributed by atoms with van der Waals surface area (Å²) in [5.41, 5.74) is 0.647. The number of amides is 1. The van der Waals surface area contributed by atoms with Gasteiger partial charge < -0.3 is 9.32 Å². The van der Waals surface area contributed by atoms with E-state index in [1.165, 1.54) is 23.1 Å². The maximum atomic E-state index is 12.9. The summed E-state index contributed by atoms with van der Waals surface area (Å²) in [7, 11) is 1.55. The Morgan fingerprint density at radius 2 is 1.88 bits per heavy atom. The van der Waals surface area contributed by atoms with Gasteiger partial charge in [-0.05, 0) is 17.7 Å². The number of carbonyl (C=O) groups excluding carboxylic acids is 1. The lowest BCUT2D eigenvalue weighted by Crippen LogP contribution is -2.25. The Hall–Kier alpha value is -3.48. The third-order valence-corrected chi connectivity index (χ3v) is 4.41. The summed E-state index contributed by atoms with van der Waals surface area (Å²) in [5.74, 6) is -0.433. The van der Waals surface area contributed by atoms with Crippen molar-refractivity contribution in [2.45, 2.75) is 6.04 Å². The average molecular weight is 336 g/mol. The number of para-hydroxylation sites is 1. The molecule has 0 spiro atoms.